The van der Waals surface area contributed by atoms with Crippen LogP contribution in [0.2, 0.25) is 0 Å². The van der Waals surface area contributed by atoms with Crippen molar-refractivity contribution in [1.29, 1.82) is 0 Å². The van der Waals surface area contributed by atoms with E-state index in [9.17, 15) is 13.2 Å². The van der Waals surface area contributed by atoms with Crippen molar-refractivity contribution in [3.8, 4) is 0 Å². The van der Waals surface area contributed by atoms with E-state index in [1.54, 1.807) is 6.07 Å². The van der Waals surface area contributed by atoms with Crippen molar-refractivity contribution < 1.29 is 17.9 Å². The zero-order valence-electron chi connectivity index (χ0n) is 11.7. The first-order chi connectivity index (χ1) is 11.0. The average Bonchev–Trinajstić information content (AvgIpc) is 3.06. The number of anilines is 1. The molecule has 0 amide bonds. The molecule has 2 heterocycles. The largest absolute Gasteiger partial charge is 0.443 e. The maximum Gasteiger partial charge on any atom is 0.418 e. The summed E-state index contributed by atoms with van der Waals surface area (Å²) in [6.45, 7) is 0.199. The van der Waals surface area contributed by atoms with E-state index in [0.717, 1.165) is 6.07 Å². The lowest BCUT2D eigenvalue weighted by atomic mass is 10.1. The number of hydrogen-bond donors (Lipinski definition) is 3. The second-order valence-corrected chi connectivity index (χ2v) is 4.66. The number of alkyl halides is 3. The van der Waals surface area contributed by atoms with Crippen LogP contribution < -0.4 is 10.7 Å². The lowest BCUT2D eigenvalue weighted by molar-refractivity contribution is -0.137. The molecule has 1 aliphatic heterocycles. The van der Waals surface area contributed by atoms with Gasteiger partial charge in [-0.05, 0) is 24.3 Å². The van der Waals surface area contributed by atoms with Gasteiger partial charge in [0, 0.05) is 17.4 Å². The monoisotopic (exact) mass is 323 g/mol. The summed E-state index contributed by atoms with van der Waals surface area (Å²) in [6, 6.07) is 5.52. The van der Waals surface area contributed by atoms with E-state index in [1.807, 2.05) is 0 Å². The Kier molecular flexibility index (Phi) is 3.92. The molecule has 0 atom stereocenters. The molecule has 0 fully saturated rings. The Morgan fingerprint density at radius 3 is 2.74 bits per heavy atom. The van der Waals surface area contributed by atoms with Crippen molar-refractivity contribution in [2.24, 2.45) is 5.10 Å². The van der Waals surface area contributed by atoms with Crippen LogP contribution >= 0.6 is 0 Å². The number of aromatic nitrogens is 2. The Labute approximate surface area is 129 Å². The molecule has 3 N–H and O–H groups in total. The fourth-order valence-electron chi connectivity index (χ4n) is 2.02. The molecule has 0 radical (unpaired) electrons. The number of nitrogens with zero attached hydrogens (tertiary/aromatic N) is 2. The van der Waals surface area contributed by atoms with Gasteiger partial charge in [0.05, 0.1) is 24.0 Å². The van der Waals surface area contributed by atoms with Crippen LogP contribution in [0.3, 0.4) is 0 Å². The number of halogens is 3. The number of nitrogens with one attached hydrogen (secondary N) is 3. The first-order valence-corrected chi connectivity index (χ1v) is 6.62. The number of benzene rings is 1. The highest BCUT2D eigenvalue weighted by Crippen LogP contribution is 2.36. The molecule has 0 saturated heterocycles. The minimum atomic E-state index is -4.51. The first kappa shape index (κ1) is 14.9. The van der Waals surface area contributed by atoms with Crippen LogP contribution in [0.1, 0.15) is 16.8 Å². The first-order valence-electron chi connectivity index (χ1n) is 6.62. The Morgan fingerprint density at radius 1 is 1.22 bits per heavy atom. The number of hydrazone groups is 1. The van der Waals surface area contributed by atoms with Crippen molar-refractivity contribution >= 4 is 11.6 Å². The van der Waals surface area contributed by atoms with Crippen LogP contribution in [0.15, 0.2) is 48.0 Å². The topological polar surface area (TPSA) is 74.3 Å². The molecule has 1 aromatic heterocycles. The summed E-state index contributed by atoms with van der Waals surface area (Å²) in [5.41, 5.74) is 2.60. The summed E-state index contributed by atoms with van der Waals surface area (Å²) in [5.74, 6) is 0.0677. The smallest absolute Gasteiger partial charge is 0.418 e. The summed E-state index contributed by atoms with van der Waals surface area (Å²) < 4.78 is 45.0. The van der Waals surface area contributed by atoms with Gasteiger partial charge in [0.2, 0.25) is 5.90 Å². The van der Waals surface area contributed by atoms with Crippen LogP contribution in [-0.2, 0) is 17.5 Å². The molecular weight excluding hydrogens is 311 g/mol. The van der Waals surface area contributed by atoms with E-state index >= 15 is 0 Å². The van der Waals surface area contributed by atoms with E-state index in [2.05, 4.69) is 26.0 Å². The lowest BCUT2D eigenvalue weighted by Gasteiger charge is -2.16. The number of rotatable bonds is 4. The molecule has 1 aromatic carbocycles. The van der Waals surface area contributed by atoms with Crippen molar-refractivity contribution in [1.82, 2.24) is 15.6 Å². The fraction of sp³-hybridized carbons (Fsp3) is 0.143. The van der Waals surface area contributed by atoms with Crippen molar-refractivity contribution in [3.63, 3.8) is 0 Å². The Morgan fingerprint density at radius 2 is 2.09 bits per heavy atom. The SMILES string of the molecule is FC(F)(F)c1cc(C2=NNC=CO2)ccc1NCc1ccn[nH]1. The maximum atomic E-state index is 13.3. The van der Waals surface area contributed by atoms with E-state index < -0.39 is 11.7 Å². The minimum absolute atomic E-state index is 0.0317. The predicted molar refractivity (Wildman–Crippen MR) is 77.3 cm³/mol. The van der Waals surface area contributed by atoms with Crippen LogP contribution in [-0.4, -0.2) is 16.1 Å². The number of hydrogen-bond acceptors (Lipinski definition) is 5. The van der Waals surface area contributed by atoms with Crippen LogP contribution in [0.5, 0.6) is 0 Å². The van der Waals surface area contributed by atoms with Crippen molar-refractivity contribution in [2.75, 3.05) is 5.32 Å². The van der Waals surface area contributed by atoms with Crippen LogP contribution in [0.25, 0.3) is 0 Å². The molecular formula is C14H12F3N5O. The zero-order valence-corrected chi connectivity index (χ0v) is 11.7. The molecule has 0 unspecified atom stereocenters. The van der Waals surface area contributed by atoms with Gasteiger partial charge in [-0.1, -0.05) is 0 Å². The second kappa shape index (κ2) is 6.03. The van der Waals surface area contributed by atoms with Gasteiger partial charge in [0.25, 0.3) is 0 Å². The van der Waals surface area contributed by atoms with Gasteiger partial charge in [-0.25, -0.2) is 0 Å². The third-order valence-corrected chi connectivity index (χ3v) is 3.09. The standard InChI is InChI=1S/C14H12F3N5O/c15-14(16,17)11-7-9(13-22-20-5-6-23-13)1-2-12(11)18-8-10-3-4-19-21-10/h1-7,18,20H,8H2,(H,19,21). The van der Waals surface area contributed by atoms with Crippen LogP contribution in [0, 0.1) is 0 Å². The van der Waals surface area contributed by atoms with Crippen molar-refractivity contribution in [3.05, 3.63) is 59.7 Å². The normalized spacial score (nSPS) is 14.0. The Hall–Kier alpha value is -2.97. The molecule has 0 spiro atoms. The van der Waals surface area contributed by atoms with Gasteiger partial charge >= 0.3 is 6.18 Å². The molecule has 9 heteroatoms. The second-order valence-electron chi connectivity index (χ2n) is 4.66. The summed E-state index contributed by atoms with van der Waals surface area (Å²) in [4.78, 5) is 0. The number of aromatic amines is 1. The van der Waals surface area contributed by atoms with E-state index in [0.29, 0.717) is 5.69 Å². The predicted octanol–water partition coefficient (Wildman–Crippen LogP) is 2.79. The molecule has 0 bridgehead atoms. The Bertz CT molecular complexity index is 737. The van der Waals surface area contributed by atoms with E-state index in [4.69, 9.17) is 4.74 Å². The van der Waals surface area contributed by atoms with Gasteiger partial charge in [0.15, 0.2) is 0 Å². The van der Waals surface area contributed by atoms with Gasteiger partial charge in [-0.15, -0.1) is 5.10 Å². The molecule has 1 aliphatic rings. The number of ether oxygens (including phenoxy) is 1. The highest BCUT2D eigenvalue weighted by Gasteiger charge is 2.34. The van der Waals surface area contributed by atoms with E-state index in [-0.39, 0.29) is 23.7 Å². The molecule has 0 saturated carbocycles. The molecule has 2 aromatic rings. The summed E-state index contributed by atoms with van der Waals surface area (Å²) >= 11 is 0. The average molecular weight is 323 g/mol. The zero-order chi connectivity index (χ0) is 16.3. The summed E-state index contributed by atoms with van der Waals surface area (Å²) in [6.07, 6.45) is -0.247. The van der Waals surface area contributed by atoms with Crippen molar-refractivity contribution in [2.45, 2.75) is 12.7 Å². The molecule has 120 valence electrons. The molecule has 0 aliphatic carbocycles. The molecule has 23 heavy (non-hydrogen) atoms. The lowest BCUT2D eigenvalue weighted by Crippen LogP contribution is -2.16. The van der Waals surface area contributed by atoms with E-state index in [1.165, 1.54) is 30.8 Å². The fourth-order valence-corrected chi connectivity index (χ4v) is 2.02. The summed E-state index contributed by atoms with van der Waals surface area (Å²) in [7, 11) is 0. The minimum Gasteiger partial charge on any atom is -0.443 e. The third kappa shape index (κ3) is 3.44. The van der Waals surface area contributed by atoms with Gasteiger partial charge < -0.3 is 10.1 Å². The van der Waals surface area contributed by atoms with Gasteiger partial charge in [0.1, 0.15) is 6.26 Å². The number of H-pyrrole nitrogens is 1. The third-order valence-electron chi connectivity index (χ3n) is 3.09. The quantitative estimate of drug-likeness (QED) is 0.809. The maximum absolute atomic E-state index is 13.3. The Balaban J connectivity index is 1.88. The molecule has 6 nitrogen and oxygen atoms in total. The highest BCUT2D eigenvalue weighted by atomic mass is 19.4. The van der Waals surface area contributed by atoms with Crippen LogP contribution in [0.4, 0.5) is 18.9 Å². The highest BCUT2D eigenvalue weighted by molar-refractivity contribution is 5.95. The molecule has 3 rings (SSSR count). The summed E-state index contributed by atoms with van der Waals surface area (Å²) in [5, 5.41) is 13.0. The van der Waals surface area contributed by atoms with Gasteiger partial charge in [-0.2, -0.15) is 18.3 Å². The van der Waals surface area contributed by atoms with Gasteiger partial charge in [-0.3, -0.25) is 10.5 Å².